The lowest BCUT2D eigenvalue weighted by Crippen LogP contribution is -3.00. The number of quaternary nitrogens is 1. The second kappa shape index (κ2) is 12.1. The van der Waals surface area contributed by atoms with E-state index in [0.29, 0.717) is 22.9 Å². The minimum Gasteiger partial charge on any atom is -1.00 e. The number of amides is 1. The van der Waals surface area contributed by atoms with Crippen molar-refractivity contribution >= 4 is 23.1 Å². The highest BCUT2D eigenvalue weighted by Gasteiger charge is 2.24. The molecule has 0 aliphatic carbocycles. The number of aromatic nitrogens is 1. The van der Waals surface area contributed by atoms with Crippen molar-refractivity contribution in [2.45, 2.75) is 33.2 Å². The average Bonchev–Trinajstić information content (AvgIpc) is 3.32. The number of rotatable bonds is 9. The number of nitrogens with zero attached hydrogens (tertiary/aromatic N) is 1. The van der Waals surface area contributed by atoms with Crippen molar-refractivity contribution in [3.05, 3.63) is 41.3 Å². The van der Waals surface area contributed by atoms with Gasteiger partial charge in [-0.05, 0) is 60.3 Å². The number of hydrogen-bond acceptors (Lipinski definition) is 6. The highest BCUT2D eigenvalue weighted by atomic mass is 35.5. The fraction of sp³-hybridized carbons (Fsp3) is 0.360. The van der Waals surface area contributed by atoms with Crippen molar-refractivity contribution in [3.63, 3.8) is 0 Å². The van der Waals surface area contributed by atoms with Crippen LogP contribution >= 0.6 is 11.5 Å². The third-order valence-electron chi connectivity index (χ3n) is 5.94. The lowest BCUT2D eigenvalue weighted by atomic mass is 9.98. The molecule has 4 N–H and O–H groups in total. The quantitative estimate of drug-likeness (QED) is 0.458. The predicted molar refractivity (Wildman–Crippen MR) is 132 cm³/mol. The van der Waals surface area contributed by atoms with Crippen molar-refractivity contribution in [1.82, 2.24) is 4.37 Å². The van der Waals surface area contributed by atoms with E-state index in [1.165, 1.54) is 11.5 Å². The molecule has 1 aromatic heterocycles. The van der Waals surface area contributed by atoms with Crippen LogP contribution in [0.3, 0.4) is 0 Å². The number of halogens is 1. The summed E-state index contributed by atoms with van der Waals surface area (Å²) in [6.07, 6.45) is 0.882. The van der Waals surface area contributed by atoms with Crippen LogP contribution in [0.25, 0.3) is 22.4 Å². The van der Waals surface area contributed by atoms with Gasteiger partial charge >= 0.3 is 0 Å². The molecule has 1 unspecified atom stereocenters. The Morgan fingerprint density at radius 1 is 1.09 bits per heavy atom. The SMILES string of the molecule is CCC(C)[C@H]([NH3+])C(=O)Nc1cc(-c2csnc2-c2cc(C)c(OC)c(OC)c2)ccc1OC.[Cl-]. The number of aryl methyl sites for hydroxylation is 1. The summed E-state index contributed by atoms with van der Waals surface area (Å²) in [4.78, 5) is 12.8. The van der Waals surface area contributed by atoms with Crippen LogP contribution < -0.4 is 37.7 Å². The Labute approximate surface area is 211 Å². The van der Waals surface area contributed by atoms with E-state index in [2.05, 4.69) is 22.3 Å². The molecule has 0 spiro atoms. The van der Waals surface area contributed by atoms with Gasteiger partial charge in [0.2, 0.25) is 0 Å². The molecule has 2 atom stereocenters. The Kier molecular flexibility index (Phi) is 9.73. The molecule has 0 aliphatic rings. The van der Waals surface area contributed by atoms with Crippen molar-refractivity contribution in [1.29, 1.82) is 0 Å². The second-order valence-corrected chi connectivity index (χ2v) is 8.63. The summed E-state index contributed by atoms with van der Waals surface area (Å²) in [6.45, 7) is 6.06. The van der Waals surface area contributed by atoms with Gasteiger partial charge in [-0.2, -0.15) is 4.37 Å². The monoisotopic (exact) mass is 505 g/mol. The van der Waals surface area contributed by atoms with Crippen LogP contribution in [-0.2, 0) is 4.79 Å². The summed E-state index contributed by atoms with van der Waals surface area (Å²) in [7, 11) is 4.84. The number of hydrogen-bond donors (Lipinski definition) is 2. The average molecular weight is 506 g/mol. The highest BCUT2D eigenvalue weighted by Crippen LogP contribution is 2.41. The van der Waals surface area contributed by atoms with Crippen LogP contribution in [-0.4, -0.2) is 37.7 Å². The third-order valence-corrected chi connectivity index (χ3v) is 6.57. The van der Waals surface area contributed by atoms with E-state index < -0.39 is 0 Å². The maximum Gasteiger partial charge on any atom is 0.282 e. The Hall–Kier alpha value is -2.81. The molecule has 1 heterocycles. The van der Waals surface area contributed by atoms with Crippen LogP contribution in [0.15, 0.2) is 35.7 Å². The molecule has 0 aliphatic heterocycles. The number of nitrogens with one attached hydrogen (secondary N) is 1. The van der Waals surface area contributed by atoms with E-state index >= 15 is 0 Å². The van der Waals surface area contributed by atoms with Gasteiger partial charge in [0.25, 0.3) is 5.91 Å². The van der Waals surface area contributed by atoms with Crippen LogP contribution in [0, 0.1) is 12.8 Å². The minimum atomic E-state index is -0.350. The first-order valence-electron chi connectivity index (χ1n) is 10.8. The molecule has 0 bridgehead atoms. The zero-order valence-corrected chi connectivity index (χ0v) is 22.0. The number of benzene rings is 2. The first kappa shape index (κ1) is 27.4. The standard InChI is InChI=1S/C25H31N3O4S.ClH/c1-7-14(2)22(26)25(29)27-19-11-16(8-9-20(19)30-4)18-13-33-28-23(18)17-10-15(3)24(32-6)21(12-17)31-5;/h8-14,22H,7,26H2,1-6H3,(H,27,29);1H/t14?,22-;/m0./s1. The normalized spacial score (nSPS) is 12.3. The first-order valence-corrected chi connectivity index (χ1v) is 11.7. The zero-order chi connectivity index (χ0) is 24.1. The zero-order valence-electron chi connectivity index (χ0n) is 20.4. The van der Waals surface area contributed by atoms with Gasteiger partial charge in [0, 0.05) is 22.4 Å². The fourth-order valence-electron chi connectivity index (χ4n) is 3.68. The van der Waals surface area contributed by atoms with Gasteiger partial charge in [0.1, 0.15) is 5.75 Å². The van der Waals surface area contributed by atoms with E-state index in [4.69, 9.17) is 14.2 Å². The summed E-state index contributed by atoms with van der Waals surface area (Å²) < 4.78 is 21.1. The van der Waals surface area contributed by atoms with Gasteiger partial charge in [0.05, 0.1) is 32.7 Å². The molecule has 3 aromatic rings. The third kappa shape index (κ3) is 5.63. The maximum atomic E-state index is 12.8. The van der Waals surface area contributed by atoms with E-state index in [9.17, 15) is 4.79 Å². The Morgan fingerprint density at radius 3 is 2.41 bits per heavy atom. The first-order chi connectivity index (χ1) is 15.8. The van der Waals surface area contributed by atoms with Gasteiger partial charge < -0.3 is 37.7 Å². The molecule has 1 amide bonds. The predicted octanol–water partition coefficient (Wildman–Crippen LogP) is 1.41. The van der Waals surface area contributed by atoms with E-state index in [1.54, 1.807) is 21.3 Å². The molecule has 0 saturated heterocycles. The topological polar surface area (TPSA) is 97.3 Å². The summed E-state index contributed by atoms with van der Waals surface area (Å²) >= 11 is 1.38. The van der Waals surface area contributed by atoms with E-state index in [-0.39, 0.29) is 30.3 Å². The summed E-state index contributed by atoms with van der Waals surface area (Å²) in [5, 5.41) is 5.00. The lowest BCUT2D eigenvalue weighted by Gasteiger charge is -2.17. The number of ether oxygens (including phenoxy) is 3. The van der Waals surface area contributed by atoms with Crippen LogP contribution in [0.4, 0.5) is 5.69 Å². The maximum absolute atomic E-state index is 12.8. The van der Waals surface area contributed by atoms with Crippen LogP contribution in [0.2, 0.25) is 0 Å². The Balaban J connectivity index is 0.00000408. The van der Waals surface area contributed by atoms with Crippen molar-refractivity contribution < 1.29 is 37.1 Å². The molecule has 3 rings (SSSR count). The van der Waals surface area contributed by atoms with Gasteiger partial charge in [-0.15, -0.1) is 0 Å². The highest BCUT2D eigenvalue weighted by molar-refractivity contribution is 7.04. The molecular formula is C25H32ClN3O4S. The van der Waals surface area contributed by atoms with E-state index in [1.807, 2.05) is 49.6 Å². The van der Waals surface area contributed by atoms with Gasteiger partial charge in [-0.25, -0.2) is 0 Å². The van der Waals surface area contributed by atoms with Gasteiger partial charge in [-0.1, -0.05) is 19.9 Å². The summed E-state index contributed by atoms with van der Waals surface area (Å²) in [5.41, 5.74) is 9.25. The smallest absolute Gasteiger partial charge is 0.282 e. The number of methoxy groups -OCH3 is 3. The summed E-state index contributed by atoms with van der Waals surface area (Å²) in [6, 6.07) is 9.35. The van der Waals surface area contributed by atoms with Crippen molar-refractivity contribution in [2.75, 3.05) is 26.6 Å². The van der Waals surface area contributed by atoms with Crippen LogP contribution in [0.1, 0.15) is 25.8 Å². The largest absolute Gasteiger partial charge is 1.00 e. The molecular weight excluding hydrogens is 474 g/mol. The Bertz CT molecular complexity index is 1140. The Morgan fingerprint density at radius 2 is 1.79 bits per heavy atom. The molecule has 34 heavy (non-hydrogen) atoms. The molecule has 184 valence electrons. The van der Waals surface area contributed by atoms with Crippen molar-refractivity contribution in [3.8, 4) is 39.6 Å². The number of carbonyl (C=O) groups excluding carboxylic acids is 1. The molecule has 0 fully saturated rings. The minimum absolute atomic E-state index is 0. The van der Waals surface area contributed by atoms with Crippen LogP contribution in [0.5, 0.6) is 17.2 Å². The fourth-order valence-corrected chi connectivity index (χ4v) is 4.40. The van der Waals surface area contributed by atoms with Crippen molar-refractivity contribution in [2.24, 2.45) is 5.92 Å². The van der Waals surface area contributed by atoms with Gasteiger partial charge in [-0.3, -0.25) is 4.79 Å². The molecule has 0 saturated carbocycles. The van der Waals surface area contributed by atoms with E-state index in [0.717, 1.165) is 34.4 Å². The second-order valence-electron chi connectivity index (χ2n) is 8.00. The van der Waals surface area contributed by atoms with Gasteiger partial charge in [0.15, 0.2) is 17.5 Å². The summed E-state index contributed by atoms with van der Waals surface area (Å²) in [5.74, 6) is 2.01. The number of carbonyl (C=O) groups is 1. The molecule has 7 nitrogen and oxygen atoms in total. The number of anilines is 1. The molecule has 0 radical (unpaired) electrons. The molecule has 9 heteroatoms. The lowest BCUT2D eigenvalue weighted by molar-refractivity contribution is -0.414. The molecule has 2 aromatic carbocycles.